The van der Waals surface area contributed by atoms with E-state index in [4.69, 9.17) is 4.74 Å². The largest absolute Gasteiger partial charge is 0.493 e. The normalized spacial score (nSPS) is 20.5. The van der Waals surface area contributed by atoms with E-state index in [1.807, 2.05) is 41.8 Å². The topological polar surface area (TPSA) is 75.7 Å². The first kappa shape index (κ1) is 17.8. The van der Waals surface area contributed by atoms with E-state index in [-0.39, 0.29) is 18.5 Å². The maximum Gasteiger partial charge on any atom is 0.294 e. The van der Waals surface area contributed by atoms with Crippen LogP contribution in [0.4, 0.5) is 4.79 Å². The van der Waals surface area contributed by atoms with Gasteiger partial charge in [0, 0.05) is 16.9 Å². The minimum absolute atomic E-state index is 0.191. The van der Waals surface area contributed by atoms with Crippen molar-refractivity contribution >= 4 is 46.2 Å². The Labute approximate surface area is 164 Å². The number of rotatable bonds is 4. The van der Waals surface area contributed by atoms with Crippen LogP contribution in [-0.2, 0) is 9.59 Å². The van der Waals surface area contributed by atoms with Gasteiger partial charge in [0.15, 0.2) is 0 Å². The van der Waals surface area contributed by atoms with Crippen LogP contribution in [0.15, 0.2) is 46.7 Å². The predicted molar refractivity (Wildman–Crippen MR) is 104 cm³/mol. The molecular weight excluding hydrogens is 384 g/mol. The molecule has 4 rings (SSSR count). The zero-order valence-electron chi connectivity index (χ0n) is 14.2. The SMILES string of the molecule is O=C(CN1C(=O)S/C(=C\c2cccs2)C1=O)N[C@@H]1CCOc2ccccc21. The van der Waals surface area contributed by atoms with Crippen LogP contribution < -0.4 is 10.1 Å². The lowest BCUT2D eigenvalue weighted by atomic mass is 10.0. The number of hydrogen-bond acceptors (Lipinski definition) is 6. The van der Waals surface area contributed by atoms with Gasteiger partial charge >= 0.3 is 0 Å². The Kier molecular flexibility index (Phi) is 5.00. The molecule has 1 aromatic heterocycles. The molecule has 1 aromatic carbocycles. The number of fused-ring (bicyclic) bond motifs is 1. The molecular formula is C19H16N2O4S2. The number of benzene rings is 1. The highest BCUT2D eigenvalue weighted by atomic mass is 32.2. The van der Waals surface area contributed by atoms with Crippen LogP contribution in [-0.4, -0.2) is 35.1 Å². The number of nitrogens with one attached hydrogen (secondary N) is 1. The zero-order valence-corrected chi connectivity index (χ0v) is 15.8. The first-order valence-electron chi connectivity index (χ1n) is 8.42. The van der Waals surface area contributed by atoms with Gasteiger partial charge in [0.1, 0.15) is 12.3 Å². The van der Waals surface area contributed by atoms with Gasteiger partial charge in [-0.15, -0.1) is 11.3 Å². The second-order valence-electron chi connectivity index (χ2n) is 6.08. The molecule has 0 bridgehead atoms. The van der Waals surface area contributed by atoms with Crippen molar-refractivity contribution < 1.29 is 19.1 Å². The molecule has 1 atom stereocenters. The van der Waals surface area contributed by atoms with E-state index in [1.54, 1.807) is 6.08 Å². The van der Waals surface area contributed by atoms with Crippen molar-refractivity contribution in [1.29, 1.82) is 0 Å². The first-order valence-corrected chi connectivity index (χ1v) is 10.1. The highest BCUT2D eigenvalue weighted by Gasteiger charge is 2.36. The van der Waals surface area contributed by atoms with Crippen molar-refractivity contribution in [2.45, 2.75) is 12.5 Å². The lowest BCUT2D eigenvalue weighted by Gasteiger charge is -2.27. The Morgan fingerprint density at radius 2 is 2.11 bits per heavy atom. The minimum atomic E-state index is -0.430. The molecule has 3 amide bonds. The van der Waals surface area contributed by atoms with Gasteiger partial charge in [-0.25, -0.2) is 0 Å². The summed E-state index contributed by atoms with van der Waals surface area (Å²) in [5, 5.41) is 4.38. The molecule has 1 fully saturated rings. The molecule has 27 heavy (non-hydrogen) atoms. The molecule has 0 saturated carbocycles. The summed E-state index contributed by atoms with van der Waals surface area (Å²) in [6.45, 7) is 0.221. The Morgan fingerprint density at radius 3 is 2.93 bits per heavy atom. The van der Waals surface area contributed by atoms with E-state index >= 15 is 0 Å². The van der Waals surface area contributed by atoms with E-state index in [1.165, 1.54) is 11.3 Å². The molecule has 138 valence electrons. The summed E-state index contributed by atoms with van der Waals surface area (Å²) in [5.41, 5.74) is 0.906. The number of hydrogen-bond donors (Lipinski definition) is 1. The van der Waals surface area contributed by atoms with Crippen LogP contribution in [0.2, 0.25) is 0 Å². The third-order valence-electron chi connectivity index (χ3n) is 4.29. The van der Waals surface area contributed by atoms with Crippen molar-refractivity contribution in [3.05, 3.63) is 57.1 Å². The number of imide groups is 1. The smallest absolute Gasteiger partial charge is 0.294 e. The standard InChI is InChI=1S/C19H16N2O4S2/c22-17(20-14-7-8-25-15-6-2-1-5-13(14)15)11-21-18(23)16(27-19(21)24)10-12-4-3-9-26-12/h1-6,9-10,14H,7-8,11H2,(H,20,22)/b16-10-/t14-/m1/s1. The van der Waals surface area contributed by atoms with Crippen molar-refractivity contribution in [2.24, 2.45) is 0 Å². The molecule has 1 saturated heterocycles. The van der Waals surface area contributed by atoms with E-state index in [2.05, 4.69) is 5.32 Å². The Morgan fingerprint density at radius 1 is 1.26 bits per heavy atom. The lowest BCUT2D eigenvalue weighted by Crippen LogP contribution is -2.41. The van der Waals surface area contributed by atoms with Crippen LogP contribution in [0.25, 0.3) is 6.08 Å². The van der Waals surface area contributed by atoms with Crippen LogP contribution in [0.5, 0.6) is 5.75 Å². The quantitative estimate of drug-likeness (QED) is 0.796. The second-order valence-corrected chi connectivity index (χ2v) is 8.05. The molecule has 2 aliphatic heterocycles. The number of carbonyl (C=O) groups is 3. The molecule has 1 N–H and O–H groups in total. The average Bonchev–Trinajstić information content (AvgIpc) is 3.26. The van der Waals surface area contributed by atoms with Crippen LogP contribution in [0.1, 0.15) is 22.9 Å². The summed E-state index contributed by atoms with van der Waals surface area (Å²) in [5.74, 6) is -0.0450. The van der Waals surface area contributed by atoms with E-state index in [0.29, 0.717) is 17.9 Å². The minimum Gasteiger partial charge on any atom is -0.493 e. The van der Waals surface area contributed by atoms with Gasteiger partial charge in [0.2, 0.25) is 5.91 Å². The summed E-state index contributed by atoms with van der Waals surface area (Å²) in [6.07, 6.45) is 2.32. The first-order chi connectivity index (χ1) is 13.1. The average molecular weight is 400 g/mol. The molecule has 0 unspecified atom stereocenters. The molecule has 8 heteroatoms. The van der Waals surface area contributed by atoms with Gasteiger partial charge in [-0.05, 0) is 35.4 Å². The number of ether oxygens (including phenoxy) is 1. The highest BCUT2D eigenvalue weighted by Crippen LogP contribution is 2.34. The van der Waals surface area contributed by atoms with E-state index in [0.717, 1.165) is 32.9 Å². The third kappa shape index (κ3) is 3.77. The Bertz CT molecular complexity index is 924. The number of nitrogens with zero attached hydrogens (tertiary/aromatic N) is 1. The maximum absolute atomic E-state index is 12.5. The van der Waals surface area contributed by atoms with Crippen molar-refractivity contribution in [3.8, 4) is 5.75 Å². The number of thiophene rings is 1. The Balaban J connectivity index is 1.43. The van der Waals surface area contributed by atoms with E-state index < -0.39 is 11.1 Å². The van der Waals surface area contributed by atoms with Crippen molar-refractivity contribution in [3.63, 3.8) is 0 Å². The van der Waals surface area contributed by atoms with Gasteiger partial charge in [0.25, 0.3) is 11.1 Å². The van der Waals surface area contributed by atoms with Gasteiger partial charge < -0.3 is 10.1 Å². The number of amides is 3. The number of para-hydroxylation sites is 1. The van der Waals surface area contributed by atoms with Gasteiger partial charge in [-0.3, -0.25) is 19.3 Å². The summed E-state index contributed by atoms with van der Waals surface area (Å²) < 4.78 is 5.59. The number of thioether (sulfide) groups is 1. The lowest BCUT2D eigenvalue weighted by molar-refractivity contribution is -0.129. The summed E-state index contributed by atoms with van der Waals surface area (Å²) >= 11 is 2.34. The maximum atomic E-state index is 12.5. The van der Waals surface area contributed by atoms with Crippen molar-refractivity contribution in [2.75, 3.05) is 13.2 Å². The van der Waals surface area contributed by atoms with Gasteiger partial charge in [-0.1, -0.05) is 24.3 Å². The molecule has 2 aromatic rings. The zero-order chi connectivity index (χ0) is 18.8. The van der Waals surface area contributed by atoms with Crippen LogP contribution in [0.3, 0.4) is 0 Å². The fourth-order valence-corrected chi connectivity index (χ4v) is 4.58. The number of carbonyl (C=O) groups excluding carboxylic acids is 3. The molecule has 0 radical (unpaired) electrons. The third-order valence-corrected chi connectivity index (χ3v) is 6.01. The predicted octanol–water partition coefficient (Wildman–Crippen LogP) is 3.42. The summed E-state index contributed by atoms with van der Waals surface area (Å²) in [4.78, 5) is 39.4. The highest BCUT2D eigenvalue weighted by molar-refractivity contribution is 8.18. The second kappa shape index (κ2) is 7.58. The summed E-state index contributed by atoms with van der Waals surface area (Å²) in [7, 11) is 0. The van der Waals surface area contributed by atoms with Gasteiger partial charge in [-0.2, -0.15) is 0 Å². The van der Waals surface area contributed by atoms with Crippen LogP contribution in [0, 0.1) is 0 Å². The van der Waals surface area contributed by atoms with E-state index in [9.17, 15) is 14.4 Å². The van der Waals surface area contributed by atoms with Crippen LogP contribution >= 0.6 is 23.1 Å². The molecule has 3 heterocycles. The molecule has 2 aliphatic rings. The molecule has 6 nitrogen and oxygen atoms in total. The molecule has 0 spiro atoms. The monoisotopic (exact) mass is 400 g/mol. The van der Waals surface area contributed by atoms with Crippen molar-refractivity contribution in [1.82, 2.24) is 10.2 Å². The fraction of sp³-hybridized carbons (Fsp3) is 0.211. The Hall–Kier alpha value is -2.58. The fourth-order valence-electron chi connectivity index (χ4n) is 3.01. The summed E-state index contributed by atoms with van der Waals surface area (Å²) in [6, 6.07) is 11.1. The van der Waals surface area contributed by atoms with Gasteiger partial charge in [0.05, 0.1) is 17.6 Å². The molecule has 0 aliphatic carbocycles.